The standard InChI is InChI=1S/C10H11N3O4S/c1-5(14)4-11-7(15)6-8(16)12-10-13(9(6)17)2-3-18-10/h2-3,5,14,16H,4H2,1H3,(H,11,15). The Kier molecular flexibility index (Phi) is 3.30. The Bertz CT molecular complexity index is 646. The summed E-state index contributed by atoms with van der Waals surface area (Å²) in [6, 6.07) is 0. The molecule has 0 spiro atoms. The highest BCUT2D eigenvalue weighted by atomic mass is 32.1. The van der Waals surface area contributed by atoms with Gasteiger partial charge in [0, 0.05) is 18.1 Å². The van der Waals surface area contributed by atoms with Crippen molar-refractivity contribution in [3.05, 3.63) is 27.5 Å². The van der Waals surface area contributed by atoms with Crippen molar-refractivity contribution in [2.45, 2.75) is 13.0 Å². The number of aromatic nitrogens is 2. The summed E-state index contributed by atoms with van der Waals surface area (Å²) in [5.41, 5.74) is -1.06. The van der Waals surface area contributed by atoms with Gasteiger partial charge in [-0.05, 0) is 6.92 Å². The lowest BCUT2D eigenvalue weighted by atomic mass is 10.3. The smallest absolute Gasteiger partial charge is 0.275 e. The summed E-state index contributed by atoms with van der Waals surface area (Å²) >= 11 is 1.17. The molecule has 7 nitrogen and oxygen atoms in total. The Balaban J connectivity index is 2.44. The second-order valence-corrected chi connectivity index (χ2v) is 4.60. The largest absolute Gasteiger partial charge is 0.492 e. The average Bonchev–Trinajstić information content (AvgIpc) is 2.74. The zero-order chi connectivity index (χ0) is 13.3. The quantitative estimate of drug-likeness (QED) is 0.701. The molecule has 0 aliphatic carbocycles. The highest BCUT2D eigenvalue weighted by molar-refractivity contribution is 7.15. The lowest BCUT2D eigenvalue weighted by molar-refractivity contribution is 0.0919. The van der Waals surface area contributed by atoms with Crippen LogP contribution < -0.4 is 10.9 Å². The van der Waals surface area contributed by atoms with E-state index in [9.17, 15) is 14.7 Å². The van der Waals surface area contributed by atoms with Gasteiger partial charge < -0.3 is 15.5 Å². The molecule has 1 amide bonds. The molecule has 2 heterocycles. The molecule has 0 fully saturated rings. The third-order valence-corrected chi connectivity index (χ3v) is 2.99. The summed E-state index contributed by atoms with van der Waals surface area (Å²) in [5.74, 6) is -1.36. The van der Waals surface area contributed by atoms with E-state index in [0.29, 0.717) is 4.96 Å². The first-order chi connectivity index (χ1) is 8.50. The second kappa shape index (κ2) is 4.75. The third kappa shape index (κ3) is 2.20. The van der Waals surface area contributed by atoms with Gasteiger partial charge in [-0.2, -0.15) is 4.98 Å². The van der Waals surface area contributed by atoms with E-state index in [2.05, 4.69) is 10.3 Å². The molecule has 2 rings (SSSR count). The first kappa shape index (κ1) is 12.5. The Morgan fingerprint density at radius 2 is 2.39 bits per heavy atom. The fraction of sp³-hybridized carbons (Fsp3) is 0.300. The number of hydrogen-bond donors (Lipinski definition) is 3. The fourth-order valence-electron chi connectivity index (χ4n) is 1.40. The number of rotatable bonds is 3. The topological polar surface area (TPSA) is 104 Å². The van der Waals surface area contributed by atoms with Gasteiger partial charge in [0.1, 0.15) is 0 Å². The van der Waals surface area contributed by atoms with Crippen LogP contribution in [0.3, 0.4) is 0 Å². The molecule has 3 N–H and O–H groups in total. The summed E-state index contributed by atoms with van der Waals surface area (Å²) in [6.07, 6.45) is 0.733. The van der Waals surface area contributed by atoms with Crippen molar-refractivity contribution in [1.29, 1.82) is 0 Å². The zero-order valence-corrected chi connectivity index (χ0v) is 10.3. The van der Waals surface area contributed by atoms with E-state index in [1.165, 1.54) is 28.9 Å². The number of aliphatic hydroxyl groups excluding tert-OH is 1. The number of carbonyl (C=O) groups is 1. The van der Waals surface area contributed by atoms with Gasteiger partial charge in [-0.1, -0.05) is 0 Å². The molecular weight excluding hydrogens is 258 g/mol. The number of aromatic hydroxyl groups is 1. The molecular formula is C10H11N3O4S. The Hall–Kier alpha value is -1.93. The van der Waals surface area contributed by atoms with Crippen molar-refractivity contribution < 1.29 is 15.0 Å². The molecule has 2 aromatic rings. The van der Waals surface area contributed by atoms with Crippen LogP contribution >= 0.6 is 11.3 Å². The monoisotopic (exact) mass is 269 g/mol. The number of hydrogen-bond acceptors (Lipinski definition) is 6. The van der Waals surface area contributed by atoms with Gasteiger partial charge in [-0.15, -0.1) is 11.3 Å². The zero-order valence-electron chi connectivity index (χ0n) is 9.45. The maximum Gasteiger partial charge on any atom is 0.275 e. The van der Waals surface area contributed by atoms with E-state index < -0.39 is 29.0 Å². The molecule has 0 bridgehead atoms. The van der Waals surface area contributed by atoms with Gasteiger partial charge in [-0.3, -0.25) is 14.0 Å². The molecule has 1 atom stereocenters. The van der Waals surface area contributed by atoms with E-state index in [1.54, 1.807) is 5.38 Å². The van der Waals surface area contributed by atoms with Crippen molar-refractivity contribution in [3.63, 3.8) is 0 Å². The van der Waals surface area contributed by atoms with E-state index in [1.807, 2.05) is 0 Å². The Morgan fingerprint density at radius 3 is 3.06 bits per heavy atom. The van der Waals surface area contributed by atoms with Gasteiger partial charge in [0.05, 0.1) is 6.10 Å². The van der Waals surface area contributed by atoms with Crippen molar-refractivity contribution in [1.82, 2.24) is 14.7 Å². The van der Waals surface area contributed by atoms with Crippen LogP contribution in [0, 0.1) is 0 Å². The highest BCUT2D eigenvalue weighted by Crippen LogP contribution is 2.14. The summed E-state index contributed by atoms with van der Waals surface area (Å²) in [7, 11) is 0. The van der Waals surface area contributed by atoms with Crippen LogP contribution in [0.4, 0.5) is 0 Å². The molecule has 0 aliphatic rings. The van der Waals surface area contributed by atoms with Crippen LogP contribution in [0.15, 0.2) is 16.4 Å². The minimum Gasteiger partial charge on any atom is -0.492 e. The lowest BCUT2D eigenvalue weighted by Gasteiger charge is -2.07. The maximum atomic E-state index is 11.9. The van der Waals surface area contributed by atoms with Crippen LogP contribution in [0.25, 0.3) is 4.96 Å². The highest BCUT2D eigenvalue weighted by Gasteiger charge is 2.20. The number of nitrogens with one attached hydrogen (secondary N) is 1. The molecule has 1 unspecified atom stereocenters. The van der Waals surface area contributed by atoms with Crippen LogP contribution in [0.5, 0.6) is 5.88 Å². The van der Waals surface area contributed by atoms with Gasteiger partial charge in [0.25, 0.3) is 11.5 Å². The Labute approximate surface area is 105 Å². The predicted octanol–water partition coefficient (Wildman–Crippen LogP) is -0.428. The predicted molar refractivity (Wildman–Crippen MR) is 65.0 cm³/mol. The number of aliphatic hydroxyl groups is 1. The maximum absolute atomic E-state index is 11.9. The minimum atomic E-state index is -0.758. The van der Waals surface area contributed by atoms with E-state index >= 15 is 0 Å². The molecule has 18 heavy (non-hydrogen) atoms. The molecule has 0 saturated heterocycles. The Morgan fingerprint density at radius 1 is 1.67 bits per heavy atom. The van der Waals surface area contributed by atoms with Gasteiger partial charge in [0.15, 0.2) is 10.5 Å². The van der Waals surface area contributed by atoms with Crippen molar-refractivity contribution in [2.24, 2.45) is 0 Å². The van der Waals surface area contributed by atoms with Crippen molar-refractivity contribution in [2.75, 3.05) is 6.54 Å². The van der Waals surface area contributed by atoms with Crippen LogP contribution in [-0.4, -0.2) is 38.2 Å². The number of carbonyl (C=O) groups excluding carboxylic acids is 1. The molecule has 2 aromatic heterocycles. The number of fused-ring (bicyclic) bond motifs is 1. The number of amides is 1. The SMILES string of the molecule is CC(O)CNC(=O)c1c(O)nc2sccn2c1=O. The summed E-state index contributed by atoms with van der Waals surface area (Å²) < 4.78 is 1.18. The number of thiazole rings is 1. The van der Waals surface area contributed by atoms with E-state index in [-0.39, 0.29) is 6.54 Å². The molecule has 0 aliphatic heterocycles. The van der Waals surface area contributed by atoms with Gasteiger partial charge in [-0.25, -0.2) is 0 Å². The summed E-state index contributed by atoms with van der Waals surface area (Å²) in [6.45, 7) is 1.48. The fourth-order valence-corrected chi connectivity index (χ4v) is 2.10. The minimum absolute atomic E-state index is 0.00987. The average molecular weight is 269 g/mol. The van der Waals surface area contributed by atoms with E-state index in [0.717, 1.165) is 0 Å². The molecule has 0 aromatic carbocycles. The number of nitrogens with zero attached hydrogens (tertiary/aromatic N) is 2. The van der Waals surface area contributed by atoms with Crippen LogP contribution in [0.1, 0.15) is 17.3 Å². The van der Waals surface area contributed by atoms with Crippen LogP contribution in [-0.2, 0) is 0 Å². The van der Waals surface area contributed by atoms with Gasteiger partial charge in [0.2, 0.25) is 5.88 Å². The third-order valence-electron chi connectivity index (χ3n) is 2.23. The summed E-state index contributed by atoms with van der Waals surface area (Å²) in [4.78, 5) is 27.7. The first-order valence-electron chi connectivity index (χ1n) is 5.15. The molecule has 8 heteroatoms. The first-order valence-corrected chi connectivity index (χ1v) is 6.03. The molecule has 0 radical (unpaired) electrons. The van der Waals surface area contributed by atoms with Crippen LogP contribution in [0.2, 0.25) is 0 Å². The molecule has 0 saturated carbocycles. The van der Waals surface area contributed by atoms with Gasteiger partial charge >= 0.3 is 0 Å². The summed E-state index contributed by atoms with van der Waals surface area (Å²) in [5, 5.41) is 22.6. The normalized spacial score (nSPS) is 12.6. The van der Waals surface area contributed by atoms with E-state index in [4.69, 9.17) is 5.11 Å². The van der Waals surface area contributed by atoms with Crippen molar-refractivity contribution in [3.8, 4) is 5.88 Å². The molecule has 96 valence electrons. The second-order valence-electron chi connectivity index (χ2n) is 3.73. The van der Waals surface area contributed by atoms with Crippen molar-refractivity contribution >= 4 is 22.2 Å². The lowest BCUT2D eigenvalue weighted by Crippen LogP contribution is -2.35.